The van der Waals surface area contributed by atoms with Gasteiger partial charge in [0.1, 0.15) is 11.5 Å². The molecule has 0 atom stereocenters. The van der Waals surface area contributed by atoms with Gasteiger partial charge in [-0.3, -0.25) is 0 Å². The highest BCUT2D eigenvalue weighted by Gasteiger charge is 2.57. The molecule has 2 N–H and O–H groups in total. The van der Waals surface area contributed by atoms with Gasteiger partial charge in [-0.15, -0.1) is 0 Å². The second-order valence-corrected chi connectivity index (χ2v) is 13.4. The predicted molar refractivity (Wildman–Crippen MR) is 127 cm³/mol. The predicted octanol–water partition coefficient (Wildman–Crippen LogP) is 7.19. The Morgan fingerprint density at radius 2 is 1.06 bits per heavy atom. The fraction of sp³-hybridized carbons (Fsp3) is 0.667. The van der Waals surface area contributed by atoms with Crippen molar-refractivity contribution in [2.24, 2.45) is 35.5 Å². The lowest BCUT2D eigenvalue weighted by molar-refractivity contribution is -0.0169. The molecule has 0 saturated heterocycles. The van der Waals surface area contributed by atoms with Crippen molar-refractivity contribution >= 4 is 10.8 Å². The number of rotatable bonds is 2. The summed E-state index contributed by atoms with van der Waals surface area (Å²) >= 11 is 0. The molecule has 2 aromatic carbocycles. The van der Waals surface area contributed by atoms with Crippen molar-refractivity contribution in [3.63, 3.8) is 0 Å². The van der Waals surface area contributed by atoms with Crippen LogP contribution in [0.4, 0.5) is 0 Å². The first kappa shape index (κ1) is 18.7. The van der Waals surface area contributed by atoms with Crippen LogP contribution in [-0.4, -0.2) is 10.2 Å². The summed E-state index contributed by atoms with van der Waals surface area (Å²) in [6.07, 6.45) is 16.5. The van der Waals surface area contributed by atoms with Crippen LogP contribution < -0.4 is 0 Å². The molecule has 8 aliphatic rings. The van der Waals surface area contributed by atoms with E-state index < -0.39 is 0 Å². The van der Waals surface area contributed by atoms with Crippen LogP contribution in [0.15, 0.2) is 24.3 Å². The quantitative estimate of drug-likeness (QED) is 0.531. The number of benzene rings is 2. The van der Waals surface area contributed by atoms with Crippen molar-refractivity contribution in [3.8, 4) is 11.5 Å². The van der Waals surface area contributed by atoms with Crippen molar-refractivity contribution in [3.05, 3.63) is 35.4 Å². The largest absolute Gasteiger partial charge is 0.507 e. The summed E-state index contributed by atoms with van der Waals surface area (Å²) in [7, 11) is 0. The second-order valence-electron chi connectivity index (χ2n) is 13.4. The van der Waals surface area contributed by atoms with E-state index in [1.54, 1.807) is 0 Å². The van der Waals surface area contributed by atoms with E-state index in [9.17, 15) is 10.2 Å². The number of aromatic hydroxyl groups is 2. The molecule has 2 heteroatoms. The van der Waals surface area contributed by atoms with E-state index in [4.69, 9.17) is 0 Å². The number of phenols is 2. The zero-order valence-electron chi connectivity index (χ0n) is 19.2. The number of phenolic OH excluding ortho intramolecular Hbond substituents is 2. The van der Waals surface area contributed by atoms with Crippen LogP contribution in [0, 0.1) is 35.5 Å². The second kappa shape index (κ2) is 6.05. The average molecular weight is 429 g/mol. The van der Waals surface area contributed by atoms with Crippen LogP contribution in [0.25, 0.3) is 10.8 Å². The van der Waals surface area contributed by atoms with Crippen LogP contribution in [0.5, 0.6) is 11.5 Å². The van der Waals surface area contributed by atoms with Gasteiger partial charge in [-0.1, -0.05) is 12.1 Å². The first-order valence-electron chi connectivity index (χ1n) is 13.5. The number of hydrogen-bond donors (Lipinski definition) is 2. The third-order valence-corrected chi connectivity index (χ3v) is 11.3. The standard InChI is InChI=1S/C30H36O2/c31-25-3-1-2-23-26(32)10-24(29-11-17-4-18(12-29)6-19(5-17)13-29)28(27(23)25)30-14-20-7-21(15-30)9-22(8-20)16-30/h1-3,10,17-22,31-32H,4-9,11-16H2. The third kappa shape index (κ3) is 2.37. The van der Waals surface area contributed by atoms with Gasteiger partial charge in [0.15, 0.2) is 0 Å². The Kier molecular flexibility index (Phi) is 3.53. The molecule has 0 aromatic heterocycles. The zero-order chi connectivity index (χ0) is 21.2. The first-order chi connectivity index (χ1) is 15.5. The summed E-state index contributed by atoms with van der Waals surface area (Å²) in [6.45, 7) is 0. The van der Waals surface area contributed by atoms with E-state index in [0.717, 1.165) is 46.3 Å². The van der Waals surface area contributed by atoms with Crippen molar-refractivity contribution in [2.75, 3.05) is 0 Å². The molecule has 10 rings (SSSR count). The Morgan fingerprint density at radius 3 is 1.56 bits per heavy atom. The summed E-state index contributed by atoms with van der Waals surface area (Å²) < 4.78 is 0. The molecule has 8 bridgehead atoms. The molecular weight excluding hydrogens is 392 g/mol. The minimum Gasteiger partial charge on any atom is -0.507 e. The maximum atomic E-state index is 11.3. The Labute approximate surface area is 191 Å². The third-order valence-electron chi connectivity index (χ3n) is 11.3. The Bertz CT molecular complexity index is 1060. The van der Waals surface area contributed by atoms with E-state index in [0.29, 0.717) is 11.5 Å². The lowest BCUT2D eigenvalue weighted by atomic mass is 9.44. The van der Waals surface area contributed by atoms with Gasteiger partial charge in [0.25, 0.3) is 0 Å². The van der Waals surface area contributed by atoms with Gasteiger partial charge in [-0.2, -0.15) is 0 Å². The van der Waals surface area contributed by atoms with E-state index >= 15 is 0 Å². The van der Waals surface area contributed by atoms with E-state index in [-0.39, 0.29) is 10.8 Å². The molecule has 0 amide bonds. The lowest BCUT2D eigenvalue weighted by Crippen LogP contribution is -2.52. The van der Waals surface area contributed by atoms with Gasteiger partial charge in [-0.25, -0.2) is 0 Å². The Hall–Kier alpha value is -1.70. The molecule has 168 valence electrons. The van der Waals surface area contributed by atoms with E-state index in [1.165, 1.54) is 88.2 Å². The molecule has 8 fully saturated rings. The fourth-order valence-electron chi connectivity index (χ4n) is 11.3. The monoisotopic (exact) mass is 428 g/mol. The number of fused-ring (bicyclic) bond motifs is 1. The maximum absolute atomic E-state index is 11.3. The van der Waals surface area contributed by atoms with Crippen LogP contribution in [0.2, 0.25) is 0 Å². The van der Waals surface area contributed by atoms with Gasteiger partial charge in [0, 0.05) is 10.8 Å². The summed E-state index contributed by atoms with van der Waals surface area (Å²) in [6, 6.07) is 8.03. The number of hydrogen-bond acceptors (Lipinski definition) is 2. The molecule has 2 aromatic rings. The van der Waals surface area contributed by atoms with Crippen molar-refractivity contribution in [1.29, 1.82) is 0 Å². The van der Waals surface area contributed by atoms with Crippen LogP contribution in [0.1, 0.15) is 88.2 Å². The molecule has 0 unspecified atom stereocenters. The van der Waals surface area contributed by atoms with Crippen molar-refractivity contribution < 1.29 is 10.2 Å². The highest BCUT2D eigenvalue weighted by Crippen LogP contribution is 2.67. The molecule has 0 heterocycles. The van der Waals surface area contributed by atoms with Gasteiger partial charge in [0.05, 0.1) is 0 Å². The van der Waals surface area contributed by atoms with Crippen LogP contribution in [0.3, 0.4) is 0 Å². The van der Waals surface area contributed by atoms with Gasteiger partial charge in [-0.05, 0) is 147 Å². The van der Waals surface area contributed by atoms with E-state index in [1.807, 2.05) is 18.2 Å². The summed E-state index contributed by atoms with van der Waals surface area (Å²) in [5.74, 6) is 6.07. The first-order valence-corrected chi connectivity index (χ1v) is 13.5. The molecule has 32 heavy (non-hydrogen) atoms. The Morgan fingerprint density at radius 1 is 0.594 bits per heavy atom. The highest BCUT2D eigenvalue weighted by atomic mass is 16.3. The highest BCUT2D eigenvalue weighted by molar-refractivity contribution is 5.97. The molecule has 0 spiro atoms. The molecule has 8 saturated carbocycles. The molecule has 0 radical (unpaired) electrons. The fourth-order valence-corrected chi connectivity index (χ4v) is 11.3. The zero-order valence-corrected chi connectivity index (χ0v) is 19.2. The molecule has 8 aliphatic carbocycles. The summed E-state index contributed by atoms with van der Waals surface area (Å²) in [5, 5.41) is 24.4. The smallest absolute Gasteiger partial charge is 0.123 e. The van der Waals surface area contributed by atoms with Gasteiger partial charge >= 0.3 is 0 Å². The Balaban J connectivity index is 1.42. The minimum absolute atomic E-state index is 0.220. The topological polar surface area (TPSA) is 40.5 Å². The van der Waals surface area contributed by atoms with Gasteiger partial charge < -0.3 is 10.2 Å². The van der Waals surface area contributed by atoms with E-state index in [2.05, 4.69) is 6.07 Å². The van der Waals surface area contributed by atoms with Crippen LogP contribution in [-0.2, 0) is 10.8 Å². The average Bonchev–Trinajstić information content (AvgIpc) is 2.72. The molecular formula is C30H36O2. The maximum Gasteiger partial charge on any atom is 0.123 e. The molecule has 0 aliphatic heterocycles. The lowest BCUT2D eigenvalue weighted by Gasteiger charge is -2.61. The molecule has 2 nitrogen and oxygen atoms in total. The minimum atomic E-state index is 0.220. The summed E-state index contributed by atoms with van der Waals surface area (Å²) in [5.41, 5.74) is 3.44. The van der Waals surface area contributed by atoms with Crippen molar-refractivity contribution in [1.82, 2.24) is 0 Å². The SMILES string of the molecule is Oc1cc(C23CC4CC(CC(C4)C2)C3)c(C23CC4CC(CC(C4)C2)C3)c2c(O)cccc12. The van der Waals surface area contributed by atoms with Crippen LogP contribution >= 0.6 is 0 Å². The summed E-state index contributed by atoms with van der Waals surface area (Å²) in [4.78, 5) is 0. The van der Waals surface area contributed by atoms with Crippen molar-refractivity contribution in [2.45, 2.75) is 87.9 Å². The normalized spacial score (nSPS) is 45.8. The van der Waals surface area contributed by atoms with Gasteiger partial charge in [0.2, 0.25) is 0 Å².